The van der Waals surface area contributed by atoms with Gasteiger partial charge in [0.2, 0.25) is 17.7 Å². The lowest BCUT2D eigenvalue weighted by atomic mass is 9.94. The summed E-state index contributed by atoms with van der Waals surface area (Å²) in [5.74, 6) is -0.420. The summed E-state index contributed by atoms with van der Waals surface area (Å²) in [5, 5.41) is 8.33. The van der Waals surface area contributed by atoms with Crippen LogP contribution in [0, 0.1) is 0 Å². The summed E-state index contributed by atoms with van der Waals surface area (Å²) in [4.78, 5) is 35.3. The van der Waals surface area contributed by atoms with Gasteiger partial charge >= 0.3 is 0 Å². The molecule has 0 aliphatic carbocycles. The lowest BCUT2D eigenvalue weighted by Crippen LogP contribution is -2.43. The Kier molecular flexibility index (Phi) is 5.36. The molecule has 2 atom stereocenters. The summed E-state index contributed by atoms with van der Waals surface area (Å²) in [7, 11) is 0. The maximum Gasteiger partial charge on any atom is 0.246 e. The molecule has 1 aliphatic heterocycles. The molecule has 23 heavy (non-hydrogen) atoms. The molecule has 6 heteroatoms. The molecule has 1 aromatic rings. The van der Waals surface area contributed by atoms with Crippen LogP contribution in [0.15, 0.2) is 30.3 Å². The molecule has 1 fully saturated rings. The van der Waals surface area contributed by atoms with E-state index in [1.165, 1.54) is 0 Å². The SMILES string of the molecule is C[C@H](NC(=O)CC[C@@]1(C)CCC(=O)N1)C(=O)Nc1ccccc1. The molecule has 6 nitrogen and oxygen atoms in total. The van der Waals surface area contributed by atoms with Crippen LogP contribution < -0.4 is 16.0 Å². The highest BCUT2D eigenvalue weighted by Crippen LogP contribution is 2.24. The van der Waals surface area contributed by atoms with E-state index in [9.17, 15) is 14.4 Å². The van der Waals surface area contributed by atoms with Crippen molar-refractivity contribution in [2.45, 2.75) is 51.1 Å². The van der Waals surface area contributed by atoms with Gasteiger partial charge in [0.1, 0.15) is 6.04 Å². The molecule has 3 amide bonds. The van der Waals surface area contributed by atoms with E-state index in [1.54, 1.807) is 19.1 Å². The largest absolute Gasteiger partial charge is 0.351 e. The molecule has 0 aromatic heterocycles. The molecule has 1 aliphatic rings. The first kappa shape index (κ1) is 17.0. The van der Waals surface area contributed by atoms with Crippen LogP contribution in [0.1, 0.15) is 39.5 Å². The summed E-state index contributed by atoms with van der Waals surface area (Å²) >= 11 is 0. The maximum absolute atomic E-state index is 12.0. The number of hydrogen-bond donors (Lipinski definition) is 3. The molecule has 0 radical (unpaired) electrons. The zero-order valence-corrected chi connectivity index (χ0v) is 13.5. The predicted octanol–water partition coefficient (Wildman–Crippen LogP) is 1.58. The minimum Gasteiger partial charge on any atom is -0.351 e. The quantitative estimate of drug-likeness (QED) is 0.744. The van der Waals surface area contributed by atoms with E-state index in [0.29, 0.717) is 18.5 Å². The fourth-order valence-electron chi connectivity index (χ4n) is 2.58. The van der Waals surface area contributed by atoms with E-state index in [0.717, 1.165) is 6.42 Å². The topological polar surface area (TPSA) is 87.3 Å². The van der Waals surface area contributed by atoms with Crippen molar-refractivity contribution in [3.63, 3.8) is 0 Å². The molecular formula is C17H23N3O3. The summed E-state index contributed by atoms with van der Waals surface area (Å²) in [6.45, 7) is 3.59. The Morgan fingerprint density at radius 1 is 1.30 bits per heavy atom. The lowest BCUT2D eigenvalue weighted by Gasteiger charge is -2.23. The number of carbonyl (C=O) groups is 3. The van der Waals surface area contributed by atoms with Gasteiger partial charge in [-0.15, -0.1) is 0 Å². The lowest BCUT2D eigenvalue weighted by molar-refractivity contribution is -0.126. The van der Waals surface area contributed by atoms with E-state index in [4.69, 9.17) is 0 Å². The molecule has 0 spiro atoms. The van der Waals surface area contributed by atoms with Crippen molar-refractivity contribution < 1.29 is 14.4 Å². The standard InChI is InChI=1S/C17H23N3O3/c1-12(16(23)19-13-6-4-3-5-7-13)18-14(21)8-10-17(2)11-9-15(22)20-17/h3-7,12H,8-11H2,1-2H3,(H,18,21)(H,19,23)(H,20,22)/t12-,17-/m0/s1. The van der Waals surface area contributed by atoms with Crippen LogP contribution in [0.5, 0.6) is 0 Å². The van der Waals surface area contributed by atoms with Gasteiger partial charge < -0.3 is 16.0 Å². The van der Waals surface area contributed by atoms with Crippen molar-refractivity contribution in [3.05, 3.63) is 30.3 Å². The second-order valence-corrected chi connectivity index (χ2v) is 6.25. The van der Waals surface area contributed by atoms with Gasteiger partial charge in [-0.05, 0) is 38.8 Å². The minimum absolute atomic E-state index is 0.0310. The normalized spacial score (nSPS) is 21.4. The average Bonchev–Trinajstić information content (AvgIpc) is 2.86. The number of benzene rings is 1. The number of carbonyl (C=O) groups excluding carboxylic acids is 3. The molecular weight excluding hydrogens is 294 g/mol. The summed E-state index contributed by atoms with van der Waals surface area (Å²) in [6, 6.07) is 8.48. The second kappa shape index (κ2) is 7.26. The van der Waals surface area contributed by atoms with E-state index in [-0.39, 0.29) is 29.7 Å². The molecule has 1 aromatic carbocycles. The van der Waals surface area contributed by atoms with Crippen LogP contribution in [-0.4, -0.2) is 29.3 Å². The third-order valence-corrected chi connectivity index (χ3v) is 4.06. The van der Waals surface area contributed by atoms with Crippen LogP contribution in [0.25, 0.3) is 0 Å². The third kappa shape index (κ3) is 5.09. The minimum atomic E-state index is -0.617. The molecule has 1 heterocycles. The van der Waals surface area contributed by atoms with Gasteiger partial charge in [0.15, 0.2) is 0 Å². The molecule has 3 N–H and O–H groups in total. The maximum atomic E-state index is 12.0. The highest BCUT2D eigenvalue weighted by atomic mass is 16.2. The number of amides is 3. The summed E-state index contributed by atoms with van der Waals surface area (Å²) < 4.78 is 0. The smallest absolute Gasteiger partial charge is 0.246 e. The van der Waals surface area contributed by atoms with Gasteiger partial charge in [0, 0.05) is 24.1 Å². The molecule has 0 unspecified atom stereocenters. The Balaban J connectivity index is 1.76. The molecule has 124 valence electrons. The first-order valence-corrected chi connectivity index (χ1v) is 7.84. The van der Waals surface area contributed by atoms with Gasteiger partial charge in [0.05, 0.1) is 0 Å². The first-order chi connectivity index (χ1) is 10.9. The highest BCUT2D eigenvalue weighted by molar-refractivity contribution is 5.96. The zero-order chi connectivity index (χ0) is 16.9. The van der Waals surface area contributed by atoms with Crippen LogP contribution >= 0.6 is 0 Å². The molecule has 1 saturated heterocycles. The Morgan fingerprint density at radius 2 is 2.00 bits per heavy atom. The van der Waals surface area contributed by atoms with Crippen molar-refractivity contribution in [3.8, 4) is 0 Å². The number of anilines is 1. The van der Waals surface area contributed by atoms with Crippen molar-refractivity contribution in [1.29, 1.82) is 0 Å². The third-order valence-electron chi connectivity index (χ3n) is 4.06. The molecule has 0 saturated carbocycles. The van der Waals surface area contributed by atoms with Gasteiger partial charge in [0.25, 0.3) is 0 Å². The van der Waals surface area contributed by atoms with E-state index in [2.05, 4.69) is 16.0 Å². The van der Waals surface area contributed by atoms with Gasteiger partial charge in [-0.1, -0.05) is 18.2 Å². The van der Waals surface area contributed by atoms with Crippen LogP contribution in [0.3, 0.4) is 0 Å². The summed E-state index contributed by atoms with van der Waals surface area (Å²) in [5.41, 5.74) is 0.379. The number of para-hydroxylation sites is 1. The Morgan fingerprint density at radius 3 is 2.61 bits per heavy atom. The van der Waals surface area contributed by atoms with Crippen molar-refractivity contribution in [2.24, 2.45) is 0 Å². The molecule has 0 bridgehead atoms. The number of nitrogens with one attached hydrogen (secondary N) is 3. The highest BCUT2D eigenvalue weighted by Gasteiger charge is 2.33. The Labute approximate surface area is 136 Å². The van der Waals surface area contributed by atoms with E-state index in [1.807, 2.05) is 25.1 Å². The summed E-state index contributed by atoms with van der Waals surface area (Å²) in [6.07, 6.45) is 2.09. The van der Waals surface area contributed by atoms with E-state index < -0.39 is 6.04 Å². The van der Waals surface area contributed by atoms with Gasteiger partial charge in [-0.25, -0.2) is 0 Å². The van der Waals surface area contributed by atoms with Crippen molar-refractivity contribution >= 4 is 23.4 Å². The van der Waals surface area contributed by atoms with Crippen molar-refractivity contribution in [2.75, 3.05) is 5.32 Å². The van der Waals surface area contributed by atoms with Crippen molar-refractivity contribution in [1.82, 2.24) is 10.6 Å². The second-order valence-electron chi connectivity index (χ2n) is 6.25. The van der Waals surface area contributed by atoms with Crippen LogP contribution in [0.4, 0.5) is 5.69 Å². The van der Waals surface area contributed by atoms with Crippen LogP contribution in [-0.2, 0) is 14.4 Å². The zero-order valence-electron chi connectivity index (χ0n) is 13.5. The van der Waals surface area contributed by atoms with E-state index >= 15 is 0 Å². The fourth-order valence-corrected chi connectivity index (χ4v) is 2.58. The van der Waals surface area contributed by atoms with Gasteiger partial charge in [-0.2, -0.15) is 0 Å². The predicted molar refractivity (Wildman–Crippen MR) is 87.7 cm³/mol. The van der Waals surface area contributed by atoms with Gasteiger partial charge in [-0.3, -0.25) is 14.4 Å². The number of hydrogen-bond acceptors (Lipinski definition) is 3. The average molecular weight is 317 g/mol. The Bertz CT molecular complexity index is 588. The fraction of sp³-hybridized carbons (Fsp3) is 0.471. The number of rotatable bonds is 6. The Hall–Kier alpha value is -2.37. The monoisotopic (exact) mass is 317 g/mol. The first-order valence-electron chi connectivity index (χ1n) is 7.84. The van der Waals surface area contributed by atoms with Crippen LogP contribution in [0.2, 0.25) is 0 Å². The molecule has 2 rings (SSSR count).